The maximum Gasteiger partial charge on any atom is 0.190 e. The zero-order valence-electron chi connectivity index (χ0n) is 10.2. The molecule has 0 aliphatic carbocycles. The number of ether oxygens (including phenoxy) is 2. The molecule has 0 amide bonds. The summed E-state index contributed by atoms with van der Waals surface area (Å²) in [5.41, 5.74) is 1.22. The lowest BCUT2D eigenvalue weighted by atomic mass is 10.0. The normalized spacial score (nSPS) is 18.0. The molecule has 0 saturated carbocycles. The van der Waals surface area contributed by atoms with E-state index in [2.05, 4.69) is 17.1 Å². The minimum Gasteiger partial charge on any atom is -0.345 e. The van der Waals surface area contributed by atoms with Crippen LogP contribution in [0.3, 0.4) is 0 Å². The van der Waals surface area contributed by atoms with Gasteiger partial charge < -0.3 is 14.0 Å². The molecule has 0 spiro atoms. The second-order valence-electron chi connectivity index (χ2n) is 4.50. The van der Waals surface area contributed by atoms with Gasteiger partial charge in [0.25, 0.3) is 0 Å². The molecule has 18 heavy (non-hydrogen) atoms. The molecule has 1 aliphatic rings. The second-order valence-corrected chi connectivity index (χ2v) is 4.50. The van der Waals surface area contributed by atoms with E-state index in [9.17, 15) is 0 Å². The Kier molecular flexibility index (Phi) is 3.13. The first-order chi connectivity index (χ1) is 8.86. The van der Waals surface area contributed by atoms with E-state index in [0.717, 1.165) is 6.42 Å². The molecule has 0 atom stereocenters. The zero-order chi connectivity index (χ0) is 12.3. The Hall–Kier alpha value is -1.65. The van der Waals surface area contributed by atoms with Crippen LogP contribution in [0.25, 0.3) is 0 Å². The molecule has 0 unspecified atom stereocenters. The summed E-state index contributed by atoms with van der Waals surface area (Å²) in [6.07, 6.45) is 6.24. The zero-order valence-corrected chi connectivity index (χ0v) is 10.2. The van der Waals surface area contributed by atoms with E-state index in [0.29, 0.717) is 19.8 Å². The lowest BCUT2D eigenvalue weighted by molar-refractivity contribution is -0.166. The average molecular weight is 244 g/mol. The van der Waals surface area contributed by atoms with Gasteiger partial charge in [-0.2, -0.15) is 0 Å². The molecular weight excluding hydrogens is 228 g/mol. The lowest BCUT2D eigenvalue weighted by Gasteiger charge is -2.27. The van der Waals surface area contributed by atoms with E-state index in [1.54, 1.807) is 12.5 Å². The summed E-state index contributed by atoms with van der Waals surface area (Å²) in [7, 11) is 0. The quantitative estimate of drug-likeness (QED) is 0.823. The van der Waals surface area contributed by atoms with Gasteiger partial charge >= 0.3 is 0 Å². The van der Waals surface area contributed by atoms with Crippen molar-refractivity contribution >= 4 is 0 Å². The summed E-state index contributed by atoms with van der Waals surface area (Å²) in [5, 5.41) is 0. The van der Waals surface area contributed by atoms with Crippen LogP contribution >= 0.6 is 0 Å². The van der Waals surface area contributed by atoms with Crippen molar-refractivity contribution in [2.75, 3.05) is 13.2 Å². The number of imidazole rings is 1. The van der Waals surface area contributed by atoms with E-state index in [4.69, 9.17) is 9.47 Å². The molecule has 1 saturated heterocycles. The van der Waals surface area contributed by atoms with Gasteiger partial charge in [-0.1, -0.05) is 30.3 Å². The van der Waals surface area contributed by atoms with Crippen molar-refractivity contribution < 1.29 is 9.47 Å². The summed E-state index contributed by atoms with van der Waals surface area (Å²) in [6, 6.07) is 10.3. The van der Waals surface area contributed by atoms with Gasteiger partial charge in [-0.15, -0.1) is 0 Å². The smallest absolute Gasteiger partial charge is 0.190 e. The molecular formula is C14H16N2O2. The Morgan fingerprint density at radius 3 is 2.61 bits per heavy atom. The van der Waals surface area contributed by atoms with Gasteiger partial charge in [-0.25, -0.2) is 4.98 Å². The topological polar surface area (TPSA) is 36.3 Å². The first-order valence-electron chi connectivity index (χ1n) is 6.14. The summed E-state index contributed by atoms with van der Waals surface area (Å²) in [5.74, 6) is -0.554. The largest absolute Gasteiger partial charge is 0.345 e. The van der Waals surface area contributed by atoms with Crippen molar-refractivity contribution in [2.24, 2.45) is 0 Å². The predicted octanol–water partition coefficient (Wildman–Crippen LogP) is 1.87. The van der Waals surface area contributed by atoms with Crippen LogP contribution in [-0.4, -0.2) is 28.6 Å². The van der Waals surface area contributed by atoms with Gasteiger partial charge in [0.1, 0.15) is 0 Å². The number of hydrogen-bond donors (Lipinski definition) is 0. The third-order valence-electron chi connectivity index (χ3n) is 3.11. The Bertz CT molecular complexity index is 476. The summed E-state index contributed by atoms with van der Waals surface area (Å²) < 4.78 is 13.7. The highest BCUT2D eigenvalue weighted by atomic mass is 16.7. The molecule has 1 aromatic heterocycles. The fourth-order valence-electron chi connectivity index (χ4n) is 2.31. The number of rotatable bonds is 4. The molecule has 2 aromatic rings. The molecule has 1 aliphatic heterocycles. The monoisotopic (exact) mass is 244 g/mol. The fraction of sp³-hybridized carbons (Fsp3) is 0.357. The Balaban J connectivity index is 1.79. The second kappa shape index (κ2) is 4.92. The third-order valence-corrected chi connectivity index (χ3v) is 3.11. The fourth-order valence-corrected chi connectivity index (χ4v) is 2.31. The van der Waals surface area contributed by atoms with Gasteiger partial charge in [-0.3, -0.25) is 0 Å². The van der Waals surface area contributed by atoms with E-state index >= 15 is 0 Å². The van der Waals surface area contributed by atoms with Crippen molar-refractivity contribution in [2.45, 2.75) is 18.8 Å². The number of aromatic nitrogens is 2. The standard InChI is InChI=1S/C14H16N2O2/c1-2-4-13(5-3-1)10-14(17-8-9-18-14)11-16-7-6-15-12-16/h1-7,12H,8-11H2. The van der Waals surface area contributed by atoms with Crippen LogP contribution in [0.15, 0.2) is 49.1 Å². The Morgan fingerprint density at radius 1 is 1.17 bits per heavy atom. The molecule has 1 aromatic carbocycles. The lowest BCUT2D eigenvalue weighted by Crippen LogP contribution is -2.37. The highest BCUT2D eigenvalue weighted by Gasteiger charge is 2.37. The molecule has 94 valence electrons. The minimum absolute atomic E-state index is 0.554. The van der Waals surface area contributed by atoms with Crippen LogP contribution < -0.4 is 0 Å². The van der Waals surface area contributed by atoms with Gasteiger partial charge in [0.2, 0.25) is 0 Å². The number of benzene rings is 1. The minimum atomic E-state index is -0.554. The molecule has 2 heterocycles. The highest BCUT2D eigenvalue weighted by Crippen LogP contribution is 2.26. The Labute approximate surface area is 106 Å². The van der Waals surface area contributed by atoms with Gasteiger partial charge in [0.15, 0.2) is 5.79 Å². The van der Waals surface area contributed by atoms with E-state index < -0.39 is 5.79 Å². The summed E-state index contributed by atoms with van der Waals surface area (Å²) in [4.78, 5) is 4.05. The Morgan fingerprint density at radius 2 is 1.94 bits per heavy atom. The molecule has 4 nitrogen and oxygen atoms in total. The van der Waals surface area contributed by atoms with Crippen molar-refractivity contribution in [1.82, 2.24) is 9.55 Å². The molecule has 4 heteroatoms. The van der Waals surface area contributed by atoms with Crippen LogP contribution in [0.4, 0.5) is 0 Å². The van der Waals surface area contributed by atoms with Crippen LogP contribution in [0, 0.1) is 0 Å². The third kappa shape index (κ3) is 2.44. The van der Waals surface area contributed by atoms with Crippen molar-refractivity contribution in [3.8, 4) is 0 Å². The number of hydrogen-bond acceptors (Lipinski definition) is 3. The predicted molar refractivity (Wildman–Crippen MR) is 67.0 cm³/mol. The molecule has 3 rings (SSSR count). The highest BCUT2D eigenvalue weighted by molar-refractivity contribution is 5.16. The van der Waals surface area contributed by atoms with E-state index in [1.165, 1.54) is 5.56 Å². The van der Waals surface area contributed by atoms with Crippen LogP contribution in [0.2, 0.25) is 0 Å². The maximum atomic E-state index is 5.85. The van der Waals surface area contributed by atoms with Crippen LogP contribution in [-0.2, 0) is 22.4 Å². The van der Waals surface area contributed by atoms with E-state index in [-0.39, 0.29) is 0 Å². The SMILES string of the molecule is c1ccc(CC2(Cn3ccnc3)OCCO2)cc1. The van der Waals surface area contributed by atoms with E-state index in [1.807, 2.05) is 29.0 Å². The van der Waals surface area contributed by atoms with Gasteiger partial charge in [0, 0.05) is 18.8 Å². The summed E-state index contributed by atoms with van der Waals surface area (Å²) in [6.45, 7) is 1.98. The molecule has 0 radical (unpaired) electrons. The van der Waals surface area contributed by atoms with Crippen molar-refractivity contribution in [3.63, 3.8) is 0 Å². The van der Waals surface area contributed by atoms with Crippen molar-refractivity contribution in [1.29, 1.82) is 0 Å². The molecule has 0 bridgehead atoms. The first-order valence-corrected chi connectivity index (χ1v) is 6.14. The van der Waals surface area contributed by atoms with Crippen LogP contribution in [0.5, 0.6) is 0 Å². The average Bonchev–Trinajstić information content (AvgIpc) is 3.03. The first kappa shape index (κ1) is 11.4. The molecule has 1 fully saturated rings. The van der Waals surface area contributed by atoms with Crippen molar-refractivity contribution in [3.05, 3.63) is 54.6 Å². The summed E-state index contributed by atoms with van der Waals surface area (Å²) >= 11 is 0. The van der Waals surface area contributed by atoms with Gasteiger partial charge in [0.05, 0.1) is 26.1 Å². The number of nitrogens with zero attached hydrogens (tertiary/aromatic N) is 2. The van der Waals surface area contributed by atoms with Gasteiger partial charge in [-0.05, 0) is 5.56 Å². The maximum absolute atomic E-state index is 5.85. The van der Waals surface area contributed by atoms with Crippen LogP contribution in [0.1, 0.15) is 5.56 Å². The molecule has 0 N–H and O–H groups in total.